The molecular formula is C16H26N2O2. The third-order valence-corrected chi connectivity index (χ3v) is 4.02. The normalized spacial score (nSPS) is 21.6. The molecule has 1 heterocycles. The van der Waals surface area contributed by atoms with Crippen molar-refractivity contribution in [2.75, 3.05) is 40.9 Å². The Hall–Kier alpha value is -1.10. The van der Waals surface area contributed by atoms with E-state index in [1.54, 1.807) is 7.11 Å². The van der Waals surface area contributed by atoms with Gasteiger partial charge >= 0.3 is 0 Å². The zero-order chi connectivity index (χ0) is 14.4. The minimum atomic E-state index is 0.289. The first-order valence-electron chi connectivity index (χ1n) is 7.33. The van der Waals surface area contributed by atoms with Crippen molar-refractivity contribution in [2.24, 2.45) is 0 Å². The molecule has 2 atom stereocenters. The number of nitrogens with zero attached hydrogens (tertiary/aromatic N) is 1. The summed E-state index contributed by atoms with van der Waals surface area (Å²) in [6.45, 7) is 2.88. The molecule has 1 saturated heterocycles. The Morgan fingerprint density at radius 2 is 2.15 bits per heavy atom. The van der Waals surface area contributed by atoms with Crippen molar-refractivity contribution in [2.45, 2.75) is 25.0 Å². The van der Waals surface area contributed by atoms with Gasteiger partial charge in [-0.2, -0.15) is 0 Å². The van der Waals surface area contributed by atoms with Crippen molar-refractivity contribution in [3.05, 3.63) is 29.8 Å². The van der Waals surface area contributed by atoms with E-state index in [1.807, 2.05) is 19.2 Å². The topological polar surface area (TPSA) is 33.7 Å². The lowest BCUT2D eigenvalue weighted by molar-refractivity contribution is -0.0385. The van der Waals surface area contributed by atoms with Crippen LogP contribution in [-0.2, 0) is 11.2 Å². The van der Waals surface area contributed by atoms with E-state index in [0.29, 0.717) is 6.04 Å². The molecule has 1 fully saturated rings. The highest BCUT2D eigenvalue weighted by Gasteiger charge is 2.25. The molecule has 112 valence electrons. The van der Waals surface area contributed by atoms with Gasteiger partial charge in [0.05, 0.1) is 19.8 Å². The molecule has 0 saturated carbocycles. The van der Waals surface area contributed by atoms with Crippen LogP contribution in [0.5, 0.6) is 5.75 Å². The van der Waals surface area contributed by atoms with Crippen LogP contribution in [0.25, 0.3) is 0 Å². The van der Waals surface area contributed by atoms with Gasteiger partial charge in [-0.25, -0.2) is 0 Å². The van der Waals surface area contributed by atoms with Crippen molar-refractivity contribution < 1.29 is 9.47 Å². The molecule has 1 aromatic carbocycles. The van der Waals surface area contributed by atoms with Crippen LogP contribution in [0.4, 0.5) is 0 Å². The summed E-state index contributed by atoms with van der Waals surface area (Å²) in [5.74, 6) is 0.913. The first-order chi connectivity index (χ1) is 9.72. The summed E-state index contributed by atoms with van der Waals surface area (Å²) in [6, 6.07) is 8.72. The van der Waals surface area contributed by atoms with Crippen molar-refractivity contribution >= 4 is 0 Å². The van der Waals surface area contributed by atoms with E-state index in [2.05, 4.69) is 29.4 Å². The summed E-state index contributed by atoms with van der Waals surface area (Å²) >= 11 is 0. The molecule has 4 nitrogen and oxygen atoms in total. The van der Waals surface area contributed by atoms with Crippen molar-refractivity contribution in [3.63, 3.8) is 0 Å². The molecule has 0 spiro atoms. The minimum absolute atomic E-state index is 0.289. The predicted octanol–water partition coefficient (Wildman–Crippen LogP) is 1.55. The Morgan fingerprint density at radius 1 is 1.40 bits per heavy atom. The second-order valence-electron chi connectivity index (χ2n) is 5.45. The Balaban J connectivity index is 1.86. The van der Waals surface area contributed by atoms with Crippen LogP contribution in [0.15, 0.2) is 24.3 Å². The summed E-state index contributed by atoms with van der Waals surface area (Å²) in [7, 11) is 5.88. The number of nitrogens with one attached hydrogen (secondary N) is 1. The average molecular weight is 278 g/mol. The standard InChI is InChI=1S/C16H26N2O2/c1-17-15(16-12-18(2)10-11-20-16)9-6-13-4-7-14(19-3)8-5-13/h4-5,7-8,15-17H,6,9-12H2,1-3H3. The fraction of sp³-hybridized carbons (Fsp3) is 0.625. The second kappa shape index (κ2) is 7.62. The summed E-state index contributed by atoms with van der Waals surface area (Å²) in [6.07, 6.45) is 2.43. The molecule has 1 aliphatic rings. The molecule has 0 aromatic heterocycles. The summed E-state index contributed by atoms with van der Waals surface area (Å²) in [5, 5.41) is 3.41. The lowest BCUT2D eigenvalue weighted by Crippen LogP contribution is -2.50. The molecule has 0 bridgehead atoms. The monoisotopic (exact) mass is 278 g/mol. The number of rotatable bonds is 6. The Kier molecular flexibility index (Phi) is 5.83. The second-order valence-corrected chi connectivity index (χ2v) is 5.45. The molecule has 1 aliphatic heterocycles. The van der Waals surface area contributed by atoms with Gasteiger partial charge in [-0.15, -0.1) is 0 Å². The third-order valence-electron chi connectivity index (χ3n) is 4.02. The number of likely N-dealkylation sites (N-methyl/N-ethyl adjacent to an activating group) is 2. The Bertz CT molecular complexity index is 394. The number of methoxy groups -OCH3 is 1. The van der Waals surface area contributed by atoms with Gasteiger partial charge in [-0.1, -0.05) is 12.1 Å². The first kappa shape index (κ1) is 15.3. The molecule has 1 N–H and O–H groups in total. The number of hydrogen-bond acceptors (Lipinski definition) is 4. The van der Waals surface area contributed by atoms with Crippen LogP contribution in [0, 0.1) is 0 Å². The van der Waals surface area contributed by atoms with Crippen molar-refractivity contribution in [1.29, 1.82) is 0 Å². The third kappa shape index (κ3) is 4.20. The number of hydrogen-bond donors (Lipinski definition) is 1. The van der Waals surface area contributed by atoms with Crippen molar-refractivity contribution in [1.82, 2.24) is 10.2 Å². The van der Waals surface area contributed by atoms with E-state index in [-0.39, 0.29) is 6.10 Å². The van der Waals surface area contributed by atoms with Crippen LogP contribution >= 0.6 is 0 Å². The van der Waals surface area contributed by atoms with Gasteiger partial charge in [-0.3, -0.25) is 0 Å². The van der Waals surface area contributed by atoms with Crippen LogP contribution in [0.3, 0.4) is 0 Å². The van der Waals surface area contributed by atoms with E-state index in [0.717, 1.165) is 38.3 Å². The van der Waals surface area contributed by atoms with Gasteiger partial charge in [0, 0.05) is 19.1 Å². The molecule has 2 unspecified atom stereocenters. The van der Waals surface area contributed by atoms with E-state index >= 15 is 0 Å². The first-order valence-corrected chi connectivity index (χ1v) is 7.33. The van der Waals surface area contributed by atoms with E-state index in [9.17, 15) is 0 Å². The van der Waals surface area contributed by atoms with Crippen LogP contribution < -0.4 is 10.1 Å². The van der Waals surface area contributed by atoms with E-state index in [4.69, 9.17) is 9.47 Å². The van der Waals surface area contributed by atoms with E-state index < -0.39 is 0 Å². The number of morpholine rings is 1. The molecule has 20 heavy (non-hydrogen) atoms. The summed E-state index contributed by atoms with van der Waals surface area (Å²) in [4.78, 5) is 2.34. The molecule has 0 aliphatic carbocycles. The maximum atomic E-state index is 5.90. The van der Waals surface area contributed by atoms with Gasteiger partial charge < -0.3 is 19.7 Å². The zero-order valence-electron chi connectivity index (χ0n) is 12.8. The van der Waals surface area contributed by atoms with Gasteiger partial charge in [0.15, 0.2) is 0 Å². The number of aryl methyl sites for hydroxylation is 1. The fourth-order valence-corrected chi connectivity index (χ4v) is 2.68. The van der Waals surface area contributed by atoms with Gasteiger partial charge in [-0.05, 0) is 44.6 Å². The van der Waals surface area contributed by atoms with Crippen LogP contribution in [0.1, 0.15) is 12.0 Å². The quantitative estimate of drug-likeness (QED) is 0.856. The molecular weight excluding hydrogens is 252 g/mol. The summed E-state index contributed by atoms with van der Waals surface area (Å²) < 4.78 is 11.1. The molecule has 1 aromatic rings. The summed E-state index contributed by atoms with van der Waals surface area (Å²) in [5.41, 5.74) is 1.34. The highest BCUT2D eigenvalue weighted by molar-refractivity contribution is 5.27. The maximum absolute atomic E-state index is 5.90. The van der Waals surface area contributed by atoms with Gasteiger partial charge in [0.25, 0.3) is 0 Å². The van der Waals surface area contributed by atoms with Crippen LogP contribution in [-0.4, -0.2) is 57.9 Å². The number of benzene rings is 1. The van der Waals surface area contributed by atoms with E-state index in [1.165, 1.54) is 5.56 Å². The lowest BCUT2D eigenvalue weighted by Gasteiger charge is -2.35. The highest BCUT2D eigenvalue weighted by Crippen LogP contribution is 2.16. The molecule has 0 amide bonds. The minimum Gasteiger partial charge on any atom is -0.497 e. The maximum Gasteiger partial charge on any atom is 0.118 e. The zero-order valence-corrected chi connectivity index (χ0v) is 12.8. The molecule has 0 radical (unpaired) electrons. The van der Waals surface area contributed by atoms with Gasteiger partial charge in [0.2, 0.25) is 0 Å². The largest absolute Gasteiger partial charge is 0.497 e. The average Bonchev–Trinajstić information content (AvgIpc) is 2.48. The lowest BCUT2D eigenvalue weighted by atomic mass is 10.00. The van der Waals surface area contributed by atoms with Crippen LogP contribution in [0.2, 0.25) is 0 Å². The van der Waals surface area contributed by atoms with Gasteiger partial charge in [0.1, 0.15) is 5.75 Å². The molecule has 2 rings (SSSR count). The Morgan fingerprint density at radius 3 is 2.75 bits per heavy atom. The van der Waals surface area contributed by atoms with Crippen molar-refractivity contribution in [3.8, 4) is 5.75 Å². The predicted molar refractivity (Wildman–Crippen MR) is 81.4 cm³/mol. The Labute approximate surface area is 122 Å². The highest BCUT2D eigenvalue weighted by atomic mass is 16.5. The number of ether oxygens (including phenoxy) is 2. The SMILES string of the molecule is CNC(CCc1ccc(OC)cc1)C1CN(C)CCO1. The fourth-order valence-electron chi connectivity index (χ4n) is 2.68. The molecule has 4 heteroatoms. The smallest absolute Gasteiger partial charge is 0.118 e.